The molecule has 26 heavy (non-hydrogen) atoms. The molecule has 0 amide bonds. The fourth-order valence-electron chi connectivity index (χ4n) is 3.27. The smallest absolute Gasteiger partial charge is 0.317 e. The van der Waals surface area contributed by atoms with E-state index in [2.05, 4.69) is 4.90 Å². The van der Waals surface area contributed by atoms with Crippen LogP contribution in [0.4, 0.5) is 5.69 Å². The van der Waals surface area contributed by atoms with Gasteiger partial charge in [0.15, 0.2) is 0 Å². The number of non-ortho nitro benzene ring substituents is 1. The van der Waals surface area contributed by atoms with Gasteiger partial charge in [-0.2, -0.15) is 0 Å². The van der Waals surface area contributed by atoms with E-state index in [1.54, 1.807) is 12.1 Å². The molecular weight excluding hydrogens is 338 g/mol. The minimum atomic E-state index is -0.818. The molecule has 1 fully saturated rings. The molecule has 0 spiro atoms. The number of hydrogen-bond acceptors (Lipinski definition) is 6. The Bertz CT molecular complexity index is 642. The Hall–Kier alpha value is -2.19. The summed E-state index contributed by atoms with van der Waals surface area (Å²) in [7, 11) is 1.84. The fourth-order valence-corrected chi connectivity index (χ4v) is 3.27. The monoisotopic (exact) mass is 365 g/mol. The summed E-state index contributed by atoms with van der Waals surface area (Å²) in [6, 6.07) is 4.97. The first-order chi connectivity index (χ1) is 12.3. The lowest BCUT2D eigenvalue weighted by atomic mass is 10.0. The third kappa shape index (κ3) is 5.67. The predicted octanol–water partition coefficient (Wildman–Crippen LogP) is 2.36. The number of likely N-dealkylation sites (N-methyl/N-ethyl adjacent to an activating group) is 1. The van der Waals surface area contributed by atoms with Gasteiger partial charge in [0, 0.05) is 30.3 Å². The van der Waals surface area contributed by atoms with Crippen molar-refractivity contribution < 1.29 is 19.6 Å². The second-order valence-electron chi connectivity index (χ2n) is 7.03. The van der Waals surface area contributed by atoms with Gasteiger partial charge >= 0.3 is 5.97 Å². The molecule has 1 saturated heterocycles. The molecule has 0 aliphatic carbocycles. The normalized spacial score (nSPS) is 16.2. The molecule has 0 unspecified atom stereocenters. The Morgan fingerprint density at radius 2 is 2.08 bits per heavy atom. The second-order valence-corrected chi connectivity index (χ2v) is 7.03. The average Bonchev–Trinajstić information content (AvgIpc) is 2.55. The van der Waals surface area contributed by atoms with E-state index in [0.717, 1.165) is 31.5 Å². The summed E-state index contributed by atoms with van der Waals surface area (Å²) in [5, 5.41) is 20.0. The van der Waals surface area contributed by atoms with Crippen LogP contribution in [0.2, 0.25) is 0 Å². The van der Waals surface area contributed by atoms with Crippen molar-refractivity contribution in [3.8, 4) is 5.75 Å². The number of nitro benzene ring substituents is 1. The molecule has 8 heteroatoms. The molecule has 0 radical (unpaired) electrons. The van der Waals surface area contributed by atoms with Gasteiger partial charge in [0.1, 0.15) is 5.75 Å². The molecular formula is C18H27N3O5. The Balaban J connectivity index is 2.03. The number of ether oxygens (including phenoxy) is 1. The molecule has 144 valence electrons. The Labute approximate surface area is 153 Å². The van der Waals surface area contributed by atoms with E-state index in [-0.39, 0.29) is 24.4 Å². The number of hydrogen-bond donors (Lipinski definition) is 1. The first-order valence-electron chi connectivity index (χ1n) is 8.84. The van der Waals surface area contributed by atoms with Gasteiger partial charge < -0.3 is 9.84 Å². The van der Waals surface area contributed by atoms with Crippen LogP contribution in [0.15, 0.2) is 18.2 Å². The van der Waals surface area contributed by atoms with Crippen molar-refractivity contribution in [2.24, 2.45) is 0 Å². The lowest BCUT2D eigenvalue weighted by Crippen LogP contribution is -2.44. The number of nitro groups is 1. The van der Waals surface area contributed by atoms with E-state index in [4.69, 9.17) is 9.84 Å². The zero-order chi connectivity index (χ0) is 19.3. The maximum atomic E-state index is 11.1. The summed E-state index contributed by atoms with van der Waals surface area (Å²) >= 11 is 0. The molecule has 1 N–H and O–H groups in total. The Morgan fingerprint density at radius 1 is 1.42 bits per heavy atom. The van der Waals surface area contributed by atoms with Crippen LogP contribution in [0, 0.1) is 10.1 Å². The summed E-state index contributed by atoms with van der Waals surface area (Å²) in [5.41, 5.74) is 0.873. The minimum Gasteiger partial charge on any atom is -0.491 e. The van der Waals surface area contributed by atoms with Crippen LogP contribution >= 0.6 is 0 Å². The zero-order valence-electron chi connectivity index (χ0n) is 15.6. The highest BCUT2D eigenvalue weighted by molar-refractivity contribution is 5.69. The standard InChI is InChI=1S/C18H27N3O5/c1-13(2)26-17-5-4-16(21(24)25)10-14(17)11-20-8-6-15(7-9-20)19(3)12-18(22)23/h4-5,10,13,15H,6-9,11-12H2,1-3H3,(H,22,23). The van der Waals surface area contributed by atoms with Crippen LogP contribution in [0.3, 0.4) is 0 Å². The van der Waals surface area contributed by atoms with E-state index in [1.165, 1.54) is 6.07 Å². The van der Waals surface area contributed by atoms with Crippen LogP contribution in [0.5, 0.6) is 5.75 Å². The number of rotatable bonds is 8. The van der Waals surface area contributed by atoms with Crippen LogP contribution in [0.25, 0.3) is 0 Å². The summed E-state index contributed by atoms with van der Waals surface area (Å²) in [5.74, 6) is -0.141. The third-order valence-electron chi connectivity index (χ3n) is 4.58. The van der Waals surface area contributed by atoms with Crippen LogP contribution in [0.1, 0.15) is 32.3 Å². The number of likely N-dealkylation sites (tertiary alicyclic amines) is 1. The average molecular weight is 365 g/mol. The van der Waals surface area contributed by atoms with Crippen molar-refractivity contribution in [1.82, 2.24) is 9.80 Å². The van der Waals surface area contributed by atoms with Crippen LogP contribution < -0.4 is 4.74 Å². The number of carboxylic acid groups (broad SMARTS) is 1. The van der Waals surface area contributed by atoms with Gasteiger partial charge in [0.05, 0.1) is 17.6 Å². The van der Waals surface area contributed by atoms with Gasteiger partial charge in [0.25, 0.3) is 5.69 Å². The van der Waals surface area contributed by atoms with E-state index < -0.39 is 10.9 Å². The summed E-state index contributed by atoms with van der Waals surface area (Å²) < 4.78 is 5.80. The SMILES string of the molecule is CC(C)Oc1ccc([N+](=O)[O-])cc1CN1CCC(N(C)CC(=O)O)CC1. The highest BCUT2D eigenvalue weighted by Gasteiger charge is 2.24. The zero-order valence-corrected chi connectivity index (χ0v) is 15.6. The van der Waals surface area contributed by atoms with Crippen molar-refractivity contribution in [3.05, 3.63) is 33.9 Å². The van der Waals surface area contributed by atoms with Gasteiger partial charge in [-0.25, -0.2) is 0 Å². The quantitative estimate of drug-likeness (QED) is 0.558. The largest absolute Gasteiger partial charge is 0.491 e. The van der Waals surface area contributed by atoms with Crippen molar-refractivity contribution in [2.75, 3.05) is 26.7 Å². The topological polar surface area (TPSA) is 96.2 Å². The second kappa shape index (κ2) is 8.95. The van der Waals surface area contributed by atoms with Crippen molar-refractivity contribution in [3.63, 3.8) is 0 Å². The number of nitrogens with zero attached hydrogens (tertiary/aromatic N) is 3. The molecule has 1 aliphatic heterocycles. The van der Waals surface area contributed by atoms with E-state index in [9.17, 15) is 14.9 Å². The Kier molecular flexibility index (Phi) is 6.93. The van der Waals surface area contributed by atoms with Gasteiger partial charge in [-0.3, -0.25) is 24.7 Å². The van der Waals surface area contributed by atoms with E-state index in [0.29, 0.717) is 12.3 Å². The maximum absolute atomic E-state index is 11.1. The summed E-state index contributed by atoms with van der Waals surface area (Å²) in [6.45, 7) is 6.11. The predicted molar refractivity (Wildman–Crippen MR) is 97.4 cm³/mol. The number of carboxylic acids is 1. The van der Waals surface area contributed by atoms with Gasteiger partial charge in [-0.05, 0) is 52.9 Å². The molecule has 1 heterocycles. The third-order valence-corrected chi connectivity index (χ3v) is 4.58. The number of piperidine rings is 1. The molecule has 0 saturated carbocycles. The van der Waals surface area contributed by atoms with Gasteiger partial charge in [-0.15, -0.1) is 0 Å². The maximum Gasteiger partial charge on any atom is 0.317 e. The lowest BCUT2D eigenvalue weighted by molar-refractivity contribution is -0.385. The van der Waals surface area contributed by atoms with E-state index in [1.807, 2.05) is 25.8 Å². The lowest BCUT2D eigenvalue weighted by Gasteiger charge is -2.36. The molecule has 8 nitrogen and oxygen atoms in total. The molecule has 2 rings (SSSR count). The molecule has 0 bridgehead atoms. The van der Waals surface area contributed by atoms with Crippen molar-refractivity contribution in [1.29, 1.82) is 0 Å². The van der Waals surface area contributed by atoms with Crippen LogP contribution in [-0.4, -0.2) is 64.6 Å². The highest BCUT2D eigenvalue weighted by atomic mass is 16.6. The molecule has 1 aromatic carbocycles. The van der Waals surface area contributed by atoms with Crippen molar-refractivity contribution >= 4 is 11.7 Å². The van der Waals surface area contributed by atoms with Gasteiger partial charge in [0.2, 0.25) is 0 Å². The first kappa shape index (κ1) is 20.1. The Morgan fingerprint density at radius 3 is 2.62 bits per heavy atom. The number of aliphatic carboxylic acids is 1. The molecule has 1 aliphatic rings. The fraction of sp³-hybridized carbons (Fsp3) is 0.611. The highest BCUT2D eigenvalue weighted by Crippen LogP contribution is 2.28. The van der Waals surface area contributed by atoms with Crippen LogP contribution in [-0.2, 0) is 11.3 Å². The first-order valence-corrected chi connectivity index (χ1v) is 8.84. The van der Waals surface area contributed by atoms with E-state index >= 15 is 0 Å². The molecule has 0 atom stereocenters. The minimum absolute atomic E-state index is 0.00869. The van der Waals surface area contributed by atoms with Gasteiger partial charge in [-0.1, -0.05) is 0 Å². The summed E-state index contributed by atoms with van der Waals surface area (Å²) in [4.78, 5) is 25.6. The molecule has 0 aromatic heterocycles. The number of carbonyl (C=O) groups is 1. The molecule has 1 aromatic rings. The summed E-state index contributed by atoms with van der Waals surface area (Å²) in [6.07, 6.45) is 1.74. The van der Waals surface area contributed by atoms with Crippen molar-refractivity contribution in [2.45, 2.75) is 45.4 Å². The number of benzene rings is 1.